The van der Waals surface area contributed by atoms with Crippen LogP contribution < -0.4 is 9.64 Å². The molecule has 1 amide bonds. The van der Waals surface area contributed by atoms with Crippen LogP contribution in [-0.2, 0) is 16.1 Å². The third-order valence-electron chi connectivity index (χ3n) is 6.28. The monoisotopic (exact) mass is 573 g/mol. The van der Waals surface area contributed by atoms with Crippen LogP contribution in [0.2, 0.25) is 0 Å². The van der Waals surface area contributed by atoms with Crippen molar-refractivity contribution in [1.29, 1.82) is 0 Å². The molecule has 1 fully saturated rings. The molecular weight excluding hydrogens is 545 g/mol. The van der Waals surface area contributed by atoms with Crippen LogP contribution in [0.5, 0.6) is 11.6 Å². The highest BCUT2D eigenvalue weighted by atomic mass is 79.9. The fraction of sp³-hybridized carbons (Fsp3) is 0.423. The standard InChI is InChI=1S/C26H29BrFN5O4/c1-16(2)33(25(34)18-7-5-4-6-8-18)22-13-21(28)23(12-19(22)26(35)36-3)37-24-20(27)11-17(14-29-24)15-32-30-9-10-31-32/h9-14,16,18H,4-8,15H2,1-3H3. The average Bonchev–Trinajstić information content (AvgIpc) is 3.40. The molecule has 0 spiro atoms. The van der Waals surface area contributed by atoms with Gasteiger partial charge in [-0.05, 0) is 54.2 Å². The molecule has 2 heterocycles. The molecule has 0 radical (unpaired) electrons. The number of benzene rings is 1. The molecule has 1 aromatic carbocycles. The molecule has 196 valence electrons. The van der Waals surface area contributed by atoms with Crippen molar-refractivity contribution in [2.24, 2.45) is 5.92 Å². The van der Waals surface area contributed by atoms with E-state index in [1.807, 2.05) is 13.8 Å². The molecule has 0 bridgehead atoms. The van der Waals surface area contributed by atoms with Gasteiger partial charge in [-0.25, -0.2) is 14.2 Å². The highest BCUT2D eigenvalue weighted by molar-refractivity contribution is 9.10. The number of hydrogen-bond donors (Lipinski definition) is 0. The normalized spacial score (nSPS) is 14.0. The first kappa shape index (κ1) is 26.7. The fourth-order valence-electron chi connectivity index (χ4n) is 4.51. The Labute approximate surface area is 223 Å². The topological polar surface area (TPSA) is 99.4 Å². The van der Waals surface area contributed by atoms with Crippen LogP contribution in [0.15, 0.2) is 41.3 Å². The van der Waals surface area contributed by atoms with Gasteiger partial charge in [0.2, 0.25) is 11.8 Å². The molecule has 1 aliphatic rings. The van der Waals surface area contributed by atoms with Crippen LogP contribution in [0, 0.1) is 11.7 Å². The van der Waals surface area contributed by atoms with Gasteiger partial charge < -0.3 is 14.4 Å². The first-order valence-corrected chi connectivity index (χ1v) is 13.0. The van der Waals surface area contributed by atoms with Crippen LogP contribution >= 0.6 is 15.9 Å². The summed E-state index contributed by atoms with van der Waals surface area (Å²) in [6.07, 6.45) is 9.35. The molecule has 0 aliphatic heterocycles. The molecule has 9 nitrogen and oxygen atoms in total. The van der Waals surface area contributed by atoms with Crippen molar-refractivity contribution in [2.45, 2.75) is 58.5 Å². The minimum absolute atomic E-state index is 0.0364. The Kier molecular flexibility index (Phi) is 8.52. The second-order valence-corrected chi connectivity index (χ2v) is 10.1. The maximum Gasteiger partial charge on any atom is 0.340 e. The quantitative estimate of drug-likeness (QED) is 0.327. The molecule has 0 saturated heterocycles. The zero-order chi connectivity index (χ0) is 26.5. The zero-order valence-electron chi connectivity index (χ0n) is 21.0. The number of rotatable bonds is 8. The average molecular weight is 574 g/mol. The summed E-state index contributed by atoms with van der Waals surface area (Å²) in [6, 6.07) is 3.89. The van der Waals surface area contributed by atoms with Gasteiger partial charge in [0.25, 0.3) is 0 Å². The van der Waals surface area contributed by atoms with Crippen molar-refractivity contribution in [2.75, 3.05) is 12.0 Å². The van der Waals surface area contributed by atoms with Crippen molar-refractivity contribution in [3.63, 3.8) is 0 Å². The Morgan fingerprint density at radius 2 is 1.86 bits per heavy atom. The lowest BCUT2D eigenvalue weighted by molar-refractivity contribution is -0.123. The van der Waals surface area contributed by atoms with Crippen molar-refractivity contribution < 1.29 is 23.5 Å². The van der Waals surface area contributed by atoms with Crippen LogP contribution in [-0.4, -0.2) is 45.0 Å². The lowest BCUT2D eigenvalue weighted by Crippen LogP contribution is -2.42. The number of pyridine rings is 1. The van der Waals surface area contributed by atoms with Crippen LogP contribution in [0.1, 0.15) is 61.9 Å². The SMILES string of the molecule is COC(=O)c1cc(Oc2ncc(Cn3nccn3)cc2Br)c(F)cc1N(C(=O)C1CCCCC1)C(C)C. The molecule has 3 aromatic rings. The van der Waals surface area contributed by atoms with E-state index in [2.05, 4.69) is 31.1 Å². The third-order valence-corrected chi connectivity index (χ3v) is 6.85. The Bertz CT molecular complexity index is 1260. The Hall–Kier alpha value is -3.34. The molecular formula is C26H29BrFN5O4. The number of halogens is 2. The summed E-state index contributed by atoms with van der Waals surface area (Å²) >= 11 is 3.41. The van der Waals surface area contributed by atoms with Crippen LogP contribution in [0.4, 0.5) is 10.1 Å². The predicted octanol–water partition coefficient (Wildman–Crippen LogP) is 5.52. The molecule has 1 aliphatic carbocycles. The highest BCUT2D eigenvalue weighted by Gasteiger charge is 2.32. The van der Waals surface area contributed by atoms with E-state index in [9.17, 15) is 9.59 Å². The first-order valence-electron chi connectivity index (χ1n) is 12.2. The summed E-state index contributed by atoms with van der Waals surface area (Å²) in [6.45, 7) is 4.07. The van der Waals surface area contributed by atoms with Gasteiger partial charge in [-0.3, -0.25) is 4.79 Å². The van der Waals surface area contributed by atoms with E-state index in [-0.39, 0.29) is 40.7 Å². The molecule has 37 heavy (non-hydrogen) atoms. The smallest absolute Gasteiger partial charge is 0.340 e. The molecule has 0 N–H and O–H groups in total. The number of hydrogen-bond acceptors (Lipinski definition) is 7. The van der Waals surface area contributed by atoms with E-state index in [1.165, 1.54) is 22.9 Å². The van der Waals surface area contributed by atoms with E-state index in [4.69, 9.17) is 9.47 Å². The number of ether oxygens (including phenoxy) is 2. The molecule has 1 saturated carbocycles. The van der Waals surface area contributed by atoms with Gasteiger partial charge in [0.1, 0.15) is 0 Å². The van der Waals surface area contributed by atoms with E-state index < -0.39 is 11.8 Å². The number of carbonyl (C=O) groups is 2. The Balaban J connectivity index is 1.66. The van der Waals surface area contributed by atoms with Crippen LogP contribution in [0.3, 0.4) is 0 Å². The summed E-state index contributed by atoms with van der Waals surface area (Å²) in [7, 11) is 1.24. The summed E-state index contributed by atoms with van der Waals surface area (Å²) in [4.78, 5) is 33.5. The summed E-state index contributed by atoms with van der Waals surface area (Å²) in [5, 5.41) is 8.13. The predicted molar refractivity (Wildman–Crippen MR) is 138 cm³/mol. The minimum atomic E-state index is -0.733. The second kappa shape index (κ2) is 11.8. The molecule has 4 rings (SSSR count). The number of amides is 1. The largest absolute Gasteiger partial charge is 0.465 e. The van der Waals surface area contributed by atoms with E-state index >= 15 is 4.39 Å². The number of carbonyl (C=O) groups excluding carboxylic acids is 2. The van der Waals surface area contributed by atoms with Gasteiger partial charge in [0, 0.05) is 30.3 Å². The van der Waals surface area contributed by atoms with E-state index in [0.717, 1.165) is 43.7 Å². The lowest BCUT2D eigenvalue weighted by atomic mass is 9.87. The minimum Gasteiger partial charge on any atom is -0.465 e. The number of esters is 1. The van der Waals surface area contributed by atoms with Crippen molar-refractivity contribution in [1.82, 2.24) is 20.0 Å². The van der Waals surface area contributed by atoms with E-state index in [1.54, 1.807) is 24.7 Å². The Morgan fingerprint density at radius 1 is 1.16 bits per heavy atom. The summed E-state index contributed by atoms with van der Waals surface area (Å²) in [5.74, 6) is -1.80. The maximum atomic E-state index is 15.4. The number of nitrogens with zero attached hydrogens (tertiary/aromatic N) is 5. The van der Waals surface area contributed by atoms with Crippen molar-refractivity contribution >= 4 is 33.5 Å². The number of methoxy groups -OCH3 is 1. The maximum absolute atomic E-state index is 15.4. The fourth-order valence-corrected chi connectivity index (χ4v) is 4.99. The number of aromatic nitrogens is 4. The van der Waals surface area contributed by atoms with Crippen molar-refractivity contribution in [3.05, 3.63) is 58.2 Å². The summed E-state index contributed by atoms with van der Waals surface area (Å²) < 4.78 is 26.6. The van der Waals surface area contributed by atoms with Gasteiger partial charge in [-0.15, -0.1) is 0 Å². The van der Waals surface area contributed by atoms with Gasteiger partial charge in [-0.2, -0.15) is 15.0 Å². The summed E-state index contributed by atoms with van der Waals surface area (Å²) in [5.41, 5.74) is 1.00. The molecule has 11 heteroatoms. The highest BCUT2D eigenvalue weighted by Crippen LogP contribution is 2.37. The molecule has 0 atom stereocenters. The zero-order valence-corrected chi connectivity index (χ0v) is 22.6. The molecule has 2 aromatic heterocycles. The first-order chi connectivity index (χ1) is 17.8. The van der Waals surface area contributed by atoms with Gasteiger partial charge in [-0.1, -0.05) is 19.3 Å². The van der Waals surface area contributed by atoms with Gasteiger partial charge in [0.05, 0.1) is 41.8 Å². The Morgan fingerprint density at radius 3 is 2.49 bits per heavy atom. The second-order valence-electron chi connectivity index (χ2n) is 9.22. The third kappa shape index (κ3) is 6.15. The van der Waals surface area contributed by atoms with Crippen molar-refractivity contribution in [3.8, 4) is 11.6 Å². The van der Waals surface area contributed by atoms with Gasteiger partial charge in [0.15, 0.2) is 11.6 Å². The molecule has 0 unspecified atom stereocenters. The van der Waals surface area contributed by atoms with Crippen LogP contribution in [0.25, 0.3) is 0 Å². The lowest BCUT2D eigenvalue weighted by Gasteiger charge is -2.33. The van der Waals surface area contributed by atoms with Gasteiger partial charge >= 0.3 is 5.97 Å². The number of anilines is 1. The van der Waals surface area contributed by atoms with E-state index in [0.29, 0.717) is 11.0 Å².